The minimum Gasteiger partial charge on any atom is -0.481 e. The van der Waals surface area contributed by atoms with Gasteiger partial charge in [0.1, 0.15) is 6.04 Å². The molecule has 0 bridgehead atoms. The van der Waals surface area contributed by atoms with Crippen LogP contribution in [-0.2, 0) is 9.59 Å². The largest absolute Gasteiger partial charge is 0.481 e. The van der Waals surface area contributed by atoms with E-state index in [1.165, 1.54) is 11.9 Å². The van der Waals surface area contributed by atoms with Crippen molar-refractivity contribution in [3.63, 3.8) is 0 Å². The quantitative estimate of drug-likeness (QED) is 0.850. The van der Waals surface area contributed by atoms with Gasteiger partial charge in [-0.25, -0.2) is 4.79 Å². The van der Waals surface area contributed by atoms with Gasteiger partial charge in [0.25, 0.3) is 0 Å². The van der Waals surface area contributed by atoms with Gasteiger partial charge in [-0.2, -0.15) is 0 Å². The van der Waals surface area contributed by atoms with Gasteiger partial charge in [-0.3, -0.25) is 9.59 Å². The molecule has 7 heteroatoms. The summed E-state index contributed by atoms with van der Waals surface area (Å²) in [5, 5.41) is 11.4. The van der Waals surface area contributed by atoms with Gasteiger partial charge in [0.2, 0.25) is 5.91 Å². The van der Waals surface area contributed by atoms with Crippen molar-refractivity contribution < 1.29 is 19.5 Å². The molecule has 2 N–H and O–H groups in total. The van der Waals surface area contributed by atoms with Crippen LogP contribution in [0.3, 0.4) is 0 Å². The van der Waals surface area contributed by atoms with Crippen LogP contribution in [0.5, 0.6) is 0 Å². The van der Waals surface area contributed by atoms with Gasteiger partial charge in [0, 0.05) is 25.8 Å². The van der Waals surface area contributed by atoms with Crippen LogP contribution in [0.15, 0.2) is 12.1 Å². The summed E-state index contributed by atoms with van der Waals surface area (Å²) in [6.45, 7) is 6.63. The summed E-state index contributed by atoms with van der Waals surface area (Å²) in [5.41, 5.74) is 4.13. The smallest absolute Gasteiger partial charge is 0.317 e. The van der Waals surface area contributed by atoms with Gasteiger partial charge in [-0.1, -0.05) is 17.7 Å². The van der Waals surface area contributed by atoms with Gasteiger partial charge in [-0.05, 0) is 38.3 Å². The molecule has 0 aliphatic carbocycles. The molecule has 1 unspecified atom stereocenters. The molecule has 0 spiro atoms. The molecule has 0 aromatic heterocycles. The van der Waals surface area contributed by atoms with Crippen molar-refractivity contribution in [1.82, 2.24) is 10.2 Å². The summed E-state index contributed by atoms with van der Waals surface area (Å²) in [6.07, 6.45) is 0.403. The number of anilines is 1. The Morgan fingerprint density at radius 1 is 1.28 bits per heavy atom. The van der Waals surface area contributed by atoms with E-state index in [1.54, 1.807) is 4.90 Å². The van der Waals surface area contributed by atoms with Gasteiger partial charge in [0.15, 0.2) is 0 Å². The van der Waals surface area contributed by atoms with E-state index in [1.807, 2.05) is 32.9 Å². The number of hydrogen-bond donors (Lipinski definition) is 2. The standard InChI is InChI=1S/C18H25N3O4/c1-11-9-12(2)16(13(3)10-11)21-8-5-14(17(21)24)19-18(25)20(4)7-6-15(22)23/h9-10,14H,5-8H2,1-4H3,(H,19,25)(H,22,23). The molecule has 1 aromatic carbocycles. The Labute approximate surface area is 147 Å². The Balaban J connectivity index is 2.05. The summed E-state index contributed by atoms with van der Waals surface area (Å²) in [4.78, 5) is 38.5. The van der Waals surface area contributed by atoms with Crippen molar-refractivity contribution >= 4 is 23.6 Å². The zero-order valence-corrected chi connectivity index (χ0v) is 15.1. The van der Waals surface area contributed by atoms with Crippen LogP contribution in [0.25, 0.3) is 0 Å². The number of aliphatic carboxylic acids is 1. The highest BCUT2D eigenvalue weighted by Crippen LogP contribution is 2.30. The van der Waals surface area contributed by atoms with E-state index in [9.17, 15) is 14.4 Å². The zero-order valence-electron chi connectivity index (χ0n) is 15.1. The van der Waals surface area contributed by atoms with Crippen molar-refractivity contribution in [2.75, 3.05) is 25.0 Å². The highest BCUT2D eigenvalue weighted by Gasteiger charge is 2.35. The van der Waals surface area contributed by atoms with Gasteiger partial charge in [-0.15, -0.1) is 0 Å². The predicted molar refractivity (Wildman–Crippen MR) is 94.8 cm³/mol. The average Bonchev–Trinajstić information content (AvgIpc) is 2.85. The first-order valence-electron chi connectivity index (χ1n) is 8.33. The number of amides is 3. The summed E-state index contributed by atoms with van der Waals surface area (Å²) >= 11 is 0. The molecule has 1 aromatic rings. The zero-order chi connectivity index (χ0) is 18.7. The monoisotopic (exact) mass is 347 g/mol. The first kappa shape index (κ1) is 18.8. The topological polar surface area (TPSA) is 90.0 Å². The lowest BCUT2D eigenvalue weighted by Crippen LogP contribution is -2.47. The van der Waals surface area contributed by atoms with Crippen LogP contribution in [0.2, 0.25) is 0 Å². The lowest BCUT2D eigenvalue weighted by atomic mass is 10.0. The minimum atomic E-state index is -0.965. The van der Waals surface area contributed by atoms with Gasteiger partial charge in [0.05, 0.1) is 6.42 Å². The third-order valence-corrected chi connectivity index (χ3v) is 4.42. The van der Waals surface area contributed by atoms with Crippen molar-refractivity contribution in [2.45, 2.75) is 39.7 Å². The number of benzene rings is 1. The molecule has 1 aliphatic heterocycles. The number of aryl methyl sites for hydroxylation is 3. The number of carbonyl (C=O) groups excluding carboxylic acids is 2. The molecule has 1 saturated heterocycles. The molecule has 1 heterocycles. The Kier molecular flexibility index (Phi) is 5.66. The molecule has 0 saturated carbocycles. The highest BCUT2D eigenvalue weighted by molar-refractivity contribution is 6.02. The van der Waals surface area contributed by atoms with Crippen LogP contribution in [0, 0.1) is 20.8 Å². The fraction of sp³-hybridized carbons (Fsp3) is 0.500. The molecule has 2 rings (SSSR count). The van der Waals surface area contributed by atoms with Crippen LogP contribution < -0.4 is 10.2 Å². The van der Waals surface area contributed by atoms with E-state index < -0.39 is 18.0 Å². The Morgan fingerprint density at radius 3 is 2.44 bits per heavy atom. The summed E-state index contributed by atoms with van der Waals surface area (Å²) in [6, 6.07) is 3.07. The van der Waals surface area contributed by atoms with Crippen LogP contribution in [0.1, 0.15) is 29.5 Å². The SMILES string of the molecule is Cc1cc(C)c(N2CCC(NC(=O)N(C)CCC(=O)O)C2=O)c(C)c1. The molecular formula is C18H25N3O4. The summed E-state index contributed by atoms with van der Waals surface area (Å²) in [5.74, 6) is -1.09. The number of carbonyl (C=O) groups is 3. The number of nitrogens with zero attached hydrogens (tertiary/aromatic N) is 2. The second kappa shape index (κ2) is 7.55. The first-order valence-corrected chi connectivity index (χ1v) is 8.33. The number of hydrogen-bond acceptors (Lipinski definition) is 3. The van der Waals surface area contributed by atoms with Crippen molar-refractivity contribution in [2.24, 2.45) is 0 Å². The maximum atomic E-state index is 12.7. The third-order valence-electron chi connectivity index (χ3n) is 4.42. The van der Waals surface area contributed by atoms with E-state index in [4.69, 9.17) is 5.11 Å². The molecule has 136 valence electrons. The number of urea groups is 1. The maximum absolute atomic E-state index is 12.7. The number of rotatable bonds is 5. The lowest BCUT2D eigenvalue weighted by Gasteiger charge is -2.23. The maximum Gasteiger partial charge on any atom is 0.317 e. The molecule has 25 heavy (non-hydrogen) atoms. The highest BCUT2D eigenvalue weighted by atomic mass is 16.4. The lowest BCUT2D eigenvalue weighted by molar-refractivity contribution is -0.137. The first-order chi connectivity index (χ1) is 11.7. The van der Waals surface area contributed by atoms with E-state index in [0.29, 0.717) is 13.0 Å². The Hall–Kier alpha value is -2.57. The van der Waals surface area contributed by atoms with Gasteiger partial charge >= 0.3 is 12.0 Å². The summed E-state index contributed by atoms with van der Waals surface area (Å²) in [7, 11) is 1.52. The molecule has 1 aliphatic rings. The van der Waals surface area contributed by atoms with Crippen LogP contribution in [-0.4, -0.2) is 54.1 Å². The van der Waals surface area contributed by atoms with E-state index in [0.717, 1.165) is 22.4 Å². The van der Waals surface area contributed by atoms with Crippen molar-refractivity contribution in [3.8, 4) is 0 Å². The van der Waals surface area contributed by atoms with E-state index in [-0.39, 0.29) is 18.9 Å². The normalized spacial score (nSPS) is 16.9. The second-order valence-electron chi connectivity index (χ2n) is 6.59. The minimum absolute atomic E-state index is 0.0992. The molecule has 3 amide bonds. The van der Waals surface area contributed by atoms with E-state index in [2.05, 4.69) is 5.32 Å². The van der Waals surface area contributed by atoms with E-state index >= 15 is 0 Å². The van der Waals surface area contributed by atoms with Crippen LogP contribution >= 0.6 is 0 Å². The number of carboxylic acid groups (broad SMARTS) is 1. The predicted octanol–water partition coefficient (Wildman–Crippen LogP) is 1.83. The third kappa shape index (κ3) is 4.29. The van der Waals surface area contributed by atoms with Gasteiger partial charge < -0.3 is 20.2 Å². The molecule has 7 nitrogen and oxygen atoms in total. The van der Waals surface area contributed by atoms with Crippen molar-refractivity contribution in [1.29, 1.82) is 0 Å². The average molecular weight is 347 g/mol. The van der Waals surface area contributed by atoms with Crippen molar-refractivity contribution in [3.05, 3.63) is 28.8 Å². The Bertz CT molecular complexity index is 679. The molecule has 1 fully saturated rings. The molecular weight excluding hydrogens is 322 g/mol. The second-order valence-corrected chi connectivity index (χ2v) is 6.59. The number of carboxylic acids is 1. The number of nitrogens with one attached hydrogen (secondary N) is 1. The summed E-state index contributed by atoms with van der Waals surface area (Å²) < 4.78 is 0. The molecule has 1 atom stereocenters. The fourth-order valence-electron chi connectivity index (χ4n) is 3.26. The Morgan fingerprint density at radius 2 is 1.88 bits per heavy atom. The fourth-order valence-corrected chi connectivity index (χ4v) is 3.26. The molecule has 0 radical (unpaired) electrons. The van der Waals surface area contributed by atoms with Crippen LogP contribution in [0.4, 0.5) is 10.5 Å².